The van der Waals surface area contributed by atoms with Crippen LogP contribution in [0.3, 0.4) is 0 Å². The molecule has 1 rings (SSSR count). The van der Waals surface area contributed by atoms with Crippen molar-refractivity contribution >= 4 is 17.7 Å². The first-order valence-electron chi connectivity index (χ1n) is 6.02. The average Bonchev–Trinajstić information content (AvgIpc) is 2.34. The first kappa shape index (κ1) is 14.9. The second-order valence-corrected chi connectivity index (χ2v) is 5.68. The predicted molar refractivity (Wildman–Crippen MR) is 75.6 cm³/mol. The smallest absolute Gasteiger partial charge is 0.339 e. The Morgan fingerprint density at radius 2 is 2.17 bits per heavy atom. The Morgan fingerprint density at radius 1 is 1.44 bits per heavy atom. The SMILES string of the molecule is COc1ccc(CSCCC(C)C)cc1C(=O)O. The zero-order valence-corrected chi connectivity index (χ0v) is 11.9. The predicted octanol–water partition coefficient (Wildman–Crippen LogP) is 3.67. The number of ether oxygens (including phenoxy) is 1. The van der Waals surface area contributed by atoms with E-state index >= 15 is 0 Å². The van der Waals surface area contributed by atoms with Crippen molar-refractivity contribution in [2.45, 2.75) is 26.0 Å². The minimum absolute atomic E-state index is 0.236. The summed E-state index contributed by atoms with van der Waals surface area (Å²) in [6.45, 7) is 4.41. The highest BCUT2D eigenvalue weighted by atomic mass is 32.2. The maximum atomic E-state index is 11.1. The van der Waals surface area contributed by atoms with Crippen LogP contribution in [0.1, 0.15) is 36.2 Å². The topological polar surface area (TPSA) is 46.5 Å². The Balaban J connectivity index is 2.62. The third-order valence-corrected chi connectivity index (χ3v) is 3.66. The monoisotopic (exact) mass is 268 g/mol. The van der Waals surface area contributed by atoms with E-state index in [0.29, 0.717) is 11.7 Å². The summed E-state index contributed by atoms with van der Waals surface area (Å²) < 4.78 is 5.03. The van der Waals surface area contributed by atoms with Gasteiger partial charge in [-0.3, -0.25) is 0 Å². The van der Waals surface area contributed by atoms with E-state index in [1.165, 1.54) is 13.5 Å². The van der Waals surface area contributed by atoms with Crippen LogP contribution in [0.2, 0.25) is 0 Å². The van der Waals surface area contributed by atoms with Gasteiger partial charge in [-0.1, -0.05) is 19.9 Å². The molecule has 0 unspecified atom stereocenters. The van der Waals surface area contributed by atoms with Gasteiger partial charge in [-0.15, -0.1) is 0 Å². The molecule has 0 radical (unpaired) electrons. The van der Waals surface area contributed by atoms with Gasteiger partial charge < -0.3 is 9.84 Å². The van der Waals surface area contributed by atoms with E-state index in [1.54, 1.807) is 12.1 Å². The van der Waals surface area contributed by atoms with Crippen molar-refractivity contribution in [2.24, 2.45) is 5.92 Å². The van der Waals surface area contributed by atoms with Crippen molar-refractivity contribution in [1.29, 1.82) is 0 Å². The van der Waals surface area contributed by atoms with Gasteiger partial charge in [0.15, 0.2) is 0 Å². The molecule has 0 atom stereocenters. The molecule has 0 aromatic heterocycles. The Hall–Kier alpha value is -1.16. The van der Waals surface area contributed by atoms with Crippen LogP contribution in [0.5, 0.6) is 5.75 Å². The minimum Gasteiger partial charge on any atom is -0.496 e. The van der Waals surface area contributed by atoms with Gasteiger partial charge in [0.1, 0.15) is 11.3 Å². The molecular formula is C14H20O3S. The molecule has 0 heterocycles. The molecule has 0 spiro atoms. The molecule has 0 bridgehead atoms. The van der Waals surface area contributed by atoms with Crippen LogP contribution in [0, 0.1) is 5.92 Å². The normalized spacial score (nSPS) is 10.7. The van der Waals surface area contributed by atoms with Gasteiger partial charge in [-0.2, -0.15) is 11.8 Å². The standard InChI is InChI=1S/C14H20O3S/c1-10(2)6-7-18-9-11-4-5-13(17-3)12(8-11)14(15)16/h4-5,8,10H,6-7,9H2,1-3H3,(H,15,16). The molecule has 0 saturated heterocycles. The number of rotatable bonds is 7. The maximum Gasteiger partial charge on any atom is 0.339 e. The maximum absolute atomic E-state index is 11.1. The van der Waals surface area contributed by atoms with Crippen molar-refractivity contribution in [2.75, 3.05) is 12.9 Å². The van der Waals surface area contributed by atoms with E-state index in [1.807, 2.05) is 17.8 Å². The largest absolute Gasteiger partial charge is 0.496 e. The second-order valence-electron chi connectivity index (χ2n) is 4.57. The van der Waals surface area contributed by atoms with Gasteiger partial charge in [-0.05, 0) is 35.8 Å². The van der Waals surface area contributed by atoms with E-state index < -0.39 is 5.97 Å². The molecule has 0 aliphatic heterocycles. The second kappa shape index (κ2) is 7.31. The van der Waals surface area contributed by atoms with Crippen molar-refractivity contribution in [3.63, 3.8) is 0 Å². The van der Waals surface area contributed by atoms with E-state index in [9.17, 15) is 4.79 Å². The number of methoxy groups -OCH3 is 1. The summed E-state index contributed by atoms with van der Waals surface area (Å²) in [6.07, 6.45) is 1.19. The zero-order valence-electron chi connectivity index (χ0n) is 11.1. The van der Waals surface area contributed by atoms with Crippen LogP contribution in [0.4, 0.5) is 0 Å². The van der Waals surface area contributed by atoms with Crippen molar-refractivity contribution < 1.29 is 14.6 Å². The highest BCUT2D eigenvalue weighted by Gasteiger charge is 2.11. The fourth-order valence-electron chi connectivity index (χ4n) is 1.52. The van der Waals surface area contributed by atoms with Crippen LogP contribution in [0.25, 0.3) is 0 Å². The zero-order chi connectivity index (χ0) is 13.5. The molecule has 1 aromatic rings. The molecule has 0 amide bonds. The first-order chi connectivity index (χ1) is 8.54. The van der Waals surface area contributed by atoms with Crippen LogP contribution >= 0.6 is 11.8 Å². The fraction of sp³-hybridized carbons (Fsp3) is 0.500. The van der Waals surface area contributed by atoms with E-state index in [0.717, 1.165) is 17.1 Å². The molecule has 0 aliphatic rings. The number of carbonyl (C=O) groups is 1. The molecule has 0 aliphatic carbocycles. The third-order valence-electron chi connectivity index (χ3n) is 2.60. The van der Waals surface area contributed by atoms with Crippen LogP contribution in [-0.4, -0.2) is 23.9 Å². The summed E-state index contributed by atoms with van der Waals surface area (Å²) in [5.41, 5.74) is 1.27. The molecule has 1 aromatic carbocycles. The van der Waals surface area contributed by atoms with Crippen molar-refractivity contribution in [3.8, 4) is 5.75 Å². The average molecular weight is 268 g/mol. The van der Waals surface area contributed by atoms with Crippen molar-refractivity contribution in [3.05, 3.63) is 29.3 Å². The Morgan fingerprint density at radius 3 is 2.72 bits per heavy atom. The van der Waals surface area contributed by atoms with Gasteiger partial charge in [0.2, 0.25) is 0 Å². The summed E-state index contributed by atoms with van der Waals surface area (Å²) >= 11 is 1.83. The highest BCUT2D eigenvalue weighted by molar-refractivity contribution is 7.98. The summed E-state index contributed by atoms with van der Waals surface area (Å²) in [4.78, 5) is 11.1. The lowest BCUT2D eigenvalue weighted by atomic mass is 10.1. The van der Waals surface area contributed by atoms with Gasteiger partial charge in [0.25, 0.3) is 0 Å². The van der Waals surface area contributed by atoms with Gasteiger partial charge in [-0.25, -0.2) is 4.79 Å². The summed E-state index contributed by atoms with van der Waals surface area (Å²) in [5, 5.41) is 9.08. The van der Waals surface area contributed by atoms with Gasteiger partial charge in [0, 0.05) is 5.75 Å². The number of carboxylic acids is 1. The number of hydrogen-bond acceptors (Lipinski definition) is 3. The van der Waals surface area contributed by atoms with Crippen LogP contribution < -0.4 is 4.74 Å². The molecule has 0 saturated carbocycles. The molecule has 1 N–H and O–H groups in total. The van der Waals surface area contributed by atoms with Crippen LogP contribution in [0.15, 0.2) is 18.2 Å². The van der Waals surface area contributed by atoms with Gasteiger partial charge in [0.05, 0.1) is 7.11 Å². The number of carboxylic acid groups (broad SMARTS) is 1. The molecule has 3 nitrogen and oxygen atoms in total. The lowest BCUT2D eigenvalue weighted by Gasteiger charge is -2.08. The fourth-order valence-corrected chi connectivity index (χ4v) is 2.72. The summed E-state index contributed by atoms with van der Waals surface area (Å²) in [6, 6.07) is 5.35. The summed E-state index contributed by atoms with van der Waals surface area (Å²) in [5.74, 6) is 2.13. The highest BCUT2D eigenvalue weighted by Crippen LogP contribution is 2.23. The molecule has 100 valence electrons. The Labute approximate surface area is 113 Å². The quantitative estimate of drug-likeness (QED) is 0.766. The van der Waals surface area contributed by atoms with Crippen molar-refractivity contribution in [1.82, 2.24) is 0 Å². The molecule has 18 heavy (non-hydrogen) atoms. The first-order valence-corrected chi connectivity index (χ1v) is 7.18. The van der Waals surface area contributed by atoms with Crippen LogP contribution in [-0.2, 0) is 5.75 Å². The molecule has 0 fully saturated rings. The number of aromatic carboxylic acids is 1. The van der Waals surface area contributed by atoms with Gasteiger partial charge >= 0.3 is 5.97 Å². The lowest BCUT2D eigenvalue weighted by molar-refractivity contribution is 0.0693. The third kappa shape index (κ3) is 4.61. The molecule has 4 heteroatoms. The molecular weight excluding hydrogens is 248 g/mol. The Bertz CT molecular complexity index is 402. The minimum atomic E-state index is -0.944. The van der Waals surface area contributed by atoms with E-state index in [2.05, 4.69) is 13.8 Å². The lowest BCUT2D eigenvalue weighted by Crippen LogP contribution is -2.01. The summed E-state index contributed by atoms with van der Waals surface area (Å²) in [7, 11) is 1.48. The number of thioether (sulfide) groups is 1. The number of hydrogen-bond donors (Lipinski definition) is 1. The van der Waals surface area contributed by atoms with E-state index in [-0.39, 0.29) is 5.56 Å². The van der Waals surface area contributed by atoms with E-state index in [4.69, 9.17) is 9.84 Å². The Kier molecular flexibility index (Phi) is 6.05. The number of benzene rings is 1.